The van der Waals surface area contributed by atoms with Crippen LogP contribution in [-0.4, -0.2) is 29.9 Å². The van der Waals surface area contributed by atoms with E-state index in [1.807, 2.05) is 41.7 Å². The number of halogens is 1. The summed E-state index contributed by atoms with van der Waals surface area (Å²) in [6.45, 7) is 1.91. The minimum absolute atomic E-state index is 0.272. The highest BCUT2D eigenvalue weighted by Crippen LogP contribution is 2.34. The minimum Gasteiger partial charge on any atom is -0.399 e. The van der Waals surface area contributed by atoms with Gasteiger partial charge in [0.25, 0.3) is 5.91 Å². The third-order valence-corrected chi connectivity index (χ3v) is 5.50. The van der Waals surface area contributed by atoms with Crippen LogP contribution in [0.5, 0.6) is 0 Å². The van der Waals surface area contributed by atoms with Gasteiger partial charge in [0.15, 0.2) is 5.65 Å². The average Bonchev–Trinajstić information content (AvgIpc) is 3.42. The summed E-state index contributed by atoms with van der Waals surface area (Å²) in [5, 5.41) is 7.78. The second kappa shape index (κ2) is 7.41. The van der Waals surface area contributed by atoms with E-state index >= 15 is 0 Å². The molecule has 9 heteroatoms. The van der Waals surface area contributed by atoms with Gasteiger partial charge in [-0.15, -0.1) is 0 Å². The number of imidazole rings is 1. The average molecular weight is 432 g/mol. The summed E-state index contributed by atoms with van der Waals surface area (Å²) in [6.07, 6.45) is 8.30. The van der Waals surface area contributed by atoms with Crippen molar-refractivity contribution >= 4 is 34.4 Å². The van der Waals surface area contributed by atoms with Gasteiger partial charge in [0, 0.05) is 23.6 Å². The number of anilines is 1. The Morgan fingerprint density at radius 1 is 1.23 bits per heavy atom. The summed E-state index contributed by atoms with van der Waals surface area (Å²) in [5.74, 6) is -0.272. The van der Waals surface area contributed by atoms with E-state index in [4.69, 9.17) is 17.3 Å². The highest BCUT2D eigenvalue weighted by molar-refractivity contribution is 6.34. The first kappa shape index (κ1) is 19.1. The molecule has 0 aliphatic heterocycles. The number of nitrogens with one attached hydrogen (secondary N) is 1. The van der Waals surface area contributed by atoms with Crippen LogP contribution in [0, 0.1) is 0 Å². The van der Waals surface area contributed by atoms with Crippen molar-refractivity contribution in [1.29, 1.82) is 0 Å². The monoisotopic (exact) mass is 431 g/mol. The first-order chi connectivity index (χ1) is 15.0. The van der Waals surface area contributed by atoms with Gasteiger partial charge in [-0.2, -0.15) is 5.10 Å². The van der Waals surface area contributed by atoms with Gasteiger partial charge < -0.3 is 11.1 Å². The van der Waals surface area contributed by atoms with Crippen LogP contribution < -0.4 is 11.1 Å². The highest BCUT2D eigenvalue weighted by atomic mass is 35.5. The lowest BCUT2D eigenvalue weighted by Gasteiger charge is -2.20. The number of rotatable bonds is 4. The number of nitrogen functional groups attached to an aromatic ring is 1. The van der Waals surface area contributed by atoms with Crippen molar-refractivity contribution in [3.05, 3.63) is 83.7 Å². The summed E-state index contributed by atoms with van der Waals surface area (Å²) < 4.78 is 3.48. The Morgan fingerprint density at radius 2 is 2.03 bits per heavy atom. The van der Waals surface area contributed by atoms with Crippen molar-refractivity contribution in [2.24, 2.45) is 0 Å². The predicted molar refractivity (Wildman–Crippen MR) is 119 cm³/mol. The molecule has 5 rings (SSSR count). The molecule has 0 fully saturated rings. The smallest absolute Gasteiger partial charge is 0.257 e. The van der Waals surface area contributed by atoms with Crippen molar-refractivity contribution in [3.63, 3.8) is 0 Å². The van der Waals surface area contributed by atoms with E-state index in [2.05, 4.69) is 20.4 Å². The van der Waals surface area contributed by atoms with Crippen LogP contribution in [0.25, 0.3) is 22.4 Å². The molecule has 154 valence electrons. The Bertz CT molecular complexity index is 1420. The molecule has 1 aromatic carbocycles. The molecule has 4 heterocycles. The Balaban J connectivity index is 1.58. The van der Waals surface area contributed by atoms with Gasteiger partial charge in [0.1, 0.15) is 5.56 Å². The van der Waals surface area contributed by atoms with E-state index < -0.39 is 0 Å². The van der Waals surface area contributed by atoms with Crippen molar-refractivity contribution in [3.8, 4) is 11.3 Å². The fourth-order valence-electron chi connectivity index (χ4n) is 3.68. The third-order valence-electron chi connectivity index (χ3n) is 5.20. The second-order valence-electron chi connectivity index (χ2n) is 7.21. The van der Waals surface area contributed by atoms with Crippen molar-refractivity contribution in [1.82, 2.24) is 29.3 Å². The molecule has 0 aliphatic carbocycles. The molecule has 0 saturated heterocycles. The highest BCUT2D eigenvalue weighted by Gasteiger charge is 2.22. The van der Waals surface area contributed by atoms with Crippen molar-refractivity contribution in [2.45, 2.75) is 13.0 Å². The van der Waals surface area contributed by atoms with Crippen LogP contribution in [0.15, 0.2) is 67.5 Å². The number of amides is 1. The molecule has 0 spiro atoms. The number of hydrogen-bond donors (Lipinski definition) is 2. The Hall–Kier alpha value is -3.91. The summed E-state index contributed by atoms with van der Waals surface area (Å²) in [4.78, 5) is 21.5. The van der Waals surface area contributed by atoms with E-state index in [0.717, 1.165) is 22.3 Å². The van der Waals surface area contributed by atoms with Gasteiger partial charge in [-0.05, 0) is 36.8 Å². The van der Waals surface area contributed by atoms with Crippen LogP contribution in [0.1, 0.15) is 28.9 Å². The molecule has 5 aromatic rings. The van der Waals surface area contributed by atoms with Crippen LogP contribution in [-0.2, 0) is 0 Å². The topological polar surface area (TPSA) is 103 Å². The van der Waals surface area contributed by atoms with E-state index in [1.165, 1.54) is 6.20 Å². The van der Waals surface area contributed by atoms with E-state index in [0.29, 0.717) is 21.9 Å². The number of hydrogen-bond acceptors (Lipinski definition) is 5. The van der Waals surface area contributed by atoms with Gasteiger partial charge in [-0.25, -0.2) is 14.5 Å². The Morgan fingerprint density at radius 3 is 2.84 bits per heavy atom. The first-order valence-electron chi connectivity index (χ1n) is 9.62. The lowest BCUT2D eigenvalue weighted by Crippen LogP contribution is -2.27. The first-order valence-corrected chi connectivity index (χ1v) is 10.0. The maximum atomic E-state index is 13.0. The van der Waals surface area contributed by atoms with E-state index in [-0.39, 0.29) is 11.9 Å². The number of carbonyl (C=O) groups excluding carboxylic acids is 1. The molecule has 4 aromatic heterocycles. The summed E-state index contributed by atoms with van der Waals surface area (Å²) >= 11 is 6.53. The molecule has 1 amide bonds. The molecule has 0 bridgehead atoms. The number of nitrogens with zero attached hydrogens (tertiary/aromatic N) is 5. The van der Waals surface area contributed by atoms with Crippen LogP contribution in [0.3, 0.4) is 0 Å². The fourth-order valence-corrected chi connectivity index (χ4v) is 3.94. The number of aromatic nitrogens is 5. The molecule has 1 unspecified atom stereocenters. The molecular weight excluding hydrogens is 414 g/mol. The molecule has 31 heavy (non-hydrogen) atoms. The fraction of sp³-hybridized carbons (Fsp3) is 0.0909. The van der Waals surface area contributed by atoms with E-state index in [9.17, 15) is 4.79 Å². The molecule has 0 saturated carbocycles. The number of fused-ring (bicyclic) bond motifs is 2. The van der Waals surface area contributed by atoms with Gasteiger partial charge in [-0.1, -0.05) is 23.7 Å². The minimum atomic E-state index is -0.358. The zero-order valence-corrected chi connectivity index (χ0v) is 17.3. The molecular formula is C22H18ClN7O. The predicted octanol–water partition coefficient (Wildman–Crippen LogP) is 3.77. The Kier molecular flexibility index (Phi) is 4.56. The number of pyridine rings is 1. The van der Waals surface area contributed by atoms with Crippen LogP contribution >= 0.6 is 11.6 Å². The number of benzene rings is 1. The largest absolute Gasteiger partial charge is 0.399 e. The number of nitrogens with two attached hydrogens (primary N) is 1. The van der Waals surface area contributed by atoms with Crippen LogP contribution in [0.4, 0.5) is 5.69 Å². The molecule has 8 nitrogen and oxygen atoms in total. The summed E-state index contributed by atoms with van der Waals surface area (Å²) in [7, 11) is 0. The maximum Gasteiger partial charge on any atom is 0.257 e. The molecule has 0 aliphatic rings. The van der Waals surface area contributed by atoms with Gasteiger partial charge in [0.2, 0.25) is 0 Å². The Labute approximate surface area is 182 Å². The lowest BCUT2D eigenvalue weighted by molar-refractivity contribution is 0.0941. The quantitative estimate of drug-likeness (QED) is 0.421. The van der Waals surface area contributed by atoms with Gasteiger partial charge in [-0.3, -0.25) is 9.20 Å². The third kappa shape index (κ3) is 3.27. The van der Waals surface area contributed by atoms with Gasteiger partial charge in [0.05, 0.1) is 41.0 Å². The molecule has 0 radical (unpaired) electrons. The lowest BCUT2D eigenvalue weighted by atomic mass is 9.99. The summed E-state index contributed by atoms with van der Waals surface area (Å²) in [5.41, 5.74) is 10.9. The molecule has 1 atom stereocenters. The van der Waals surface area contributed by atoms with Crippen molar-refractivity contribution < 1.29 is 4.79 Å². The zero-order chi connectivity index (χ0) is 21.5. The standard InChI is InChI=1S/C22H18ClN7O/c1-13(28-22(31)17-10-27-30-8-2-7-26-21(17)30)16-9-18(23)19-11-25-12-29(19)20(16)14-3-5-15(24)6-4-14/h2-13H,24H2,1H3,(H,28,31). The number of carbonyl (C=O) groups is 1. The second-order valence-corrected chi connectivity index (χ2v) is 7.62. The zero-order valence-electron chi connectivity index (χ0n) is 16.5. The van der Waals surface area contributed by atoms with Crippen LogP contribution in [0.2, 0.25) is 5.02 Å². The van der Waals surface area contributed by atoms with Gasteiger partial charge >= 0.3 is 0 Å². The maximum absolute atomic E-state index is 13.0. The summed E-state index contributed by atoms with van der Waals surface area (Å²) in [6, 6.07) is 10.8. The normalized spacial score (nSPS) is 12.3. The van der Waals surface area contributed by atoms with E-state index in [1.54, 1.807) is 35.5 Å². The SMILES string of the molecule is CC(NC(=O)c1cnn2cccnc12)c1cc(Cl)c2cncn2c1-c1ccc(N)cc1. The molecule has 3 N–H and O–H groups in total. The van der Waals surface area contributed by atoms with Crippen molar-refractivity contribution in [2.75, 3.05) is 5.73 Å².